The predicted molar refractivity (Wildman–Crippen MR) is 59.2 cm³/mol. The fourth-order valence-electron chi connectivity index (χ4n) is 1.61. The molecule has 1 aliphatic rings. The minimum Gasteiger partial charge on any atom is -0.316 e. The molecule has 0 aromatic carbocycles. The first-order valence-corrected chi connectivity index (χ1v) is 6.02. The zero-order chi connectivity index (χ0) is 9.80. The van der Waals surface area contributed by atoms with E-state index < -0.39 is 0 Å². The quantitative estimate of drug-likeness (QED) is 0.823. The van der Waals surface area contributed by atoms with Gasteiger partial charge in [-0.3, -0.25) is 0 Å². The van der Waals surface area contributed by atoms with Crippen LogP contribution in [-0.4, -0.2) is 22.8 Å². The van der Waals surface area contributed by atoms with Crippen molar-refractivity contribution in [3.63, 3.8) is 0 Å². The van der Waals surface area contributed by atoms with E-state index in [-0.39, 0.29) is 0 Å². The third kappa shape index (κ3) is 2.25. The van der Waals surface area contributed by atoms with Gasteiger partial charge in [0.1, 0.15) is 5.82 Å². The van der Waals surface area contributed by atoms with Gasteiger partial charge < -0.3 is 5.32 Å². The number of hydrogen-bond acceptors (Lipinski definition) is 4. The Balaban J connectivity index is 2.05. The van der Waals surface area contributed by atoms with Gasteiger partial charge in [-0.25, -0.2) is 9.97 Å². The second-order valence-electron chi connectivity index (χ2n) is 3.48. The molecule has 0 spiro atoms. The Morgan fingerprint density at radius 3 is 2.86 bits per heavy atom. The van der Waals surface area contributed by atoms with Crippen LogP contribution >= 0.6 is 11.8 Å². The topological polar surface area (TPSA) is 37.8 Å². The highest BCUT2D eigenvalue weighted by molar-refractivity contribution is 7.99. The maximum atomic E-state index is 4.41. The number of thioether (sulfide) groups is 1. The molecule has 14 heavy (non-hydrogen) atoms. The van der Waals surface area contributed by atoms with Crippen molar-refractivity contribution in [2.75, 3.05) is 12.8 Å². The molecule has 3 nitrogen and oxygen atoms in total. The summed E-state index contributed by atoms with van der Waals surface area (Å²) in [5.41, 5.74) is 1.15. The second-order valence-corrected chi connectivity index (χ2v) is 4.79. The summed E-state index contributed by atoms with van der Waals surface area (Å²) in [6.45, 7) is 0.845. The van der Waals surface area contributed by atoms with Crippen molar-refractivity contribution < 1.29 is 0 Å². The standard InChI is InChI=1S/C10H15N3S/c1-11-5-8-6-12-10(13-7-8)9-3-2-4-14-9/h6-7,9,11H,2-5H2,1H3. The molecular weight excluding hydrogens is 194 g/mol. The smallest absolute Gasteiger partial charge is 0.141 e. The molecule has 1 N–H and O–H groups in total. The van der Waals surface area contributed by atoms with Crippen molar-refractivity contribution in [2.45, 2.75) is 24.6 Å². The van der Waals surface area contributed by atoms with E-state index in [0.29, 0.717) is 5.25 Å². The maximum absolute atomic E-state index is 4.41. The van der Waals surface area contributed by atoms with Crippen molar-refractivity contribution in [1.29, 1.82) is 0 Å². The van der Waals surface area contributed by atoms with Crippen molar-refractivity contribution in [3.8, 4) is 0 Å². The minimum atomic E-state index is 0.540. The van der Waals surface area contributed by atoms with E-state index in [9.17, 15) is 0 Å². The van der Waals surface area contributed by atoms with E-state index in [0.717, 1.165) is 17.9 Å². The van der Waals surface area contributed by atoms with Crippen LogP contribution in [0.2, 0.25) is 0 Å². The van der Waals surface area contributed by atoms with E-state index >= 15 is 0 Å². The normalized spacial score (nSPS) is 21.4. The molecule has 1 aromatic rings. The molecule has 0 saturated carbocycles. The van der Waals surface area contributed by atoms with Gasteiger partial charge in [-0.15, -0.1) is 0 Å². The van der Waals surface area contributed by atoms with Gasteiger partial charge in [-0.1, -0.05) is 0 Å². The van der Waals surface area contributed by atoms with E-state index in [2.05, 4.69) is 15.3 Å². The molecule has 4 heteroatoms. The number of rotatable bonds is 3. The Bertz CT molecular complexity index is 280. The Hall–Kier alpha value is -0.610. The highest BCUT2D eigenvalue weighted by Crippen LogP contribution is 2.37. The lowest BCUT2D eigenvalue weighted by molar-refractivity contribution is 0.758. The summed E-state index contributed by atoms with van der Waals surface area (Å²) in [5, 5.41) is 3.63. The van der Waals surface area contributed by atoms with Crippen LogP contribution in [0.3, 0.4) is 0 Å². The van der Waals surface area contributed by atoms with Gasteiger partial charge in [0, 0.05) is 24.5 Å². The van der Waals surface area contributed by atoms with E-state index in [1.54, 1.807) is 0 Å². The summed E-state index contributed by atoms with van der Waals surface area (Å²) in [6.07, 6.45) is 6.39. The molecular formula is C10H15N3S. The van der Waals surface area contributed by atoms with Crippen LogP contribution in [0.25, 0.3) is 0 Å². The molecule has 2 heterocycles. The third-order valence-corrected chi connectivity index (χ3v) is 3.70. The summed E-state index contributed by atoms with van der Waals surface area (Å²) in [7, 11) is 1.93. The molecule has 1 atom stereocenters. The second kappa shape index (κ2) is 4.75. The average Bonchev–Trinajstić information content (AvgIpc) is 2.72. The Morgan fingerprint density at radius 2 is 2.29 bits per heavy atom. The zero-order valence-electron chi connectivity index (χ0n) is 8.36. The summed E-state index contributed by atoms with van der Waals surface area (Å²) in [6, 6.07) is 0. The molecule has 1 saturated heterocycles. The molecule has 1 aromatic heterocycles. The third-order valence-electron chi connectivity index (χ3n) is 2.32. The van der Waals surface area contributed by atoms with Gasteiger partial charge in [0.2, 0.25) is 0 Å². The van der Waals surface area contributed by atoms with E-state index in [4.69, 9.17) is 0 Å². The van der Waals surface area contributed by atoms with Crippen LogP contribution in [0, 0.1) is 0 Å². The average molecular weight is 209 g/mol. The lowest BCUT2D eigenvalue weighted by Gasteiger charge is -2.06. The van der Waals surface area contributed by atoms with Crippen LogP contribution in [0.4, 0.5) is 0 Å². The van der Waals surface area contributed by atoms with Crippen LogP contribution in [0.15, 0.2) is 12.4 Å². The first-order chi connectivity index (χ1) is 6.90. The summed E-state index contributed by atoms with van der Waals surface area (Å²) >= 11 is 1.97. The first kappa shape index (κ1) is 9.93. The van der Waals surface area contributed by atoms with Gasteiger partial charge in [0.05, 0.1) is 5.25 Å². The Labute approximate surface area is 88.7 Å². The van der Waals surface area contributed by atoms with Crippen molar-refractivity contribution in [2.24, 2.45) is 0 Å². The molecule has 0 aliphatic carbocycles. The monoisotopic (exact) mass is 209 g/mol. The van der Waals surface area contributed by atoms with E-state index in [1.807, 2.05) is 31.2 Å². The largest absolute Gasteiger partial charge is 0.316 e. The Kier molecular flexibility index (Phi) is 3.37. The summed E-state index contributed by atoms with van der Waals surface area (Å²) in [5.74, 6) is 2.26. The zero-order valence-corrected chi connectivity index (χ0v) is 9.18. The number of hydrogen-bond donors (Lipinski definition) is 1. The van der Waals surface area contributed by atoms with E-state index in [1.165, 1.54) is 18.6 Å². The van der Waals surface area contributed by atoms with Crippen LogP contribution in [0.5, 0.6) is 0 Å². The maximum Gasteiger partial charge on any atom is 0.141 e. The molecule has 0 radical (unpaired) electrons. The lowest BCUT2D eigenvalue weighted by atomic mass is 10.2. The number of nitrogens with zero attached hydrogens (tertiary/aromatic N) is 2. The van der Waals surface area contributed by atoms with Gasteiger partial charge in [-0.2, -0.15) is 11.8 Å². The Morgan fingerprint density at radius 1 is 1.50 bits per heavy atom. The van der Waals surface area contributed by atoms with Crippen molar-refractivity contribution >= 4 is 11.8 Å². The molecule has 2 rings (SSSR count). The molecule has 0 bridgehead atoms. The van der Waals surface area contributed by atoms with Crippen LogP contribution < -0.4 is 5.32 Å². The molecule has 0 amide bonds. The lowest BCUT2D eigenvalue weighted by Crippen LogP contribution is -2.07. The molecule has 1 fully saturated rings. The fraction of sp³-hybridized carbons (Fsp3) is 0.600. The summed E-state index contributed by atoms with van der Waals surface area (Å²) in [4.78, 5) is 8.81. The van der Waals surface area contributed by atoms with Gasteiger partial charge in [0.25, 0.3) is 0 Å². The molecule has 76 valence electrons. The SMILES string of the molecule is CNCc1cnc(C2CCCS2)nc1. The van der Waals surface area contributed by atoms with Crippen molar-refractivity contribution in [3.05, 3.63) is 23.8 Å². The van der Waals surface area contributed by atoms with Gasteiger partial charge in [0.15, 0.2) is 0 Å². The predicted octanol–water partition coefficient (Wildman–Crippen LogP) is 1.76. The summed E-state index contributed by atoms with van der Waals surface area (Å²) < 4.78 is 0. The van der Waals surface area contributed by atoms with Gasteiger partial charge in [-0.05, 0) is 25.6 Å². The number of aromatic nitrogens is 2. The van der Waals surface area contributed by atoms with Crippen LogP contribution in [0.1, 0.15) is 29.5 Å². The molecule has 1 aliphatic heterocycles. The van der Waals surface area contributed by atoms with Gasteiger partial charge >= 0.3 is 0 Å². The highest BCUT2D eigenvalue weighted by Gasteiger charge is 2.19. The van der Waals surface area contributed by atoms with Crippen LogP contribution in [-0.2, 0) is 6.54 Å². The number of nitrogens with one attached hydrogen (secondary N) is 1. The van der Waals surface area contributed by atoms with Crippen molar-refractivity contribution in [1.82, 2.24) is 15.3 Å². The minimum absolute atomic E-state index is 0.540. The fourth-order valence-corrected chi connectivity index (χ4v) is 2.83. The highest BCUT2D eigenvalue weighted by atomic mass is 32.2. The molecule has 1 unspecified atom stereocenters. The first-order valence-electron chi connectivity index (χ1n) is 4.97.